The smallest absolute Gasteiger partial charge is 0.262 e. The molecule has 0 saturated heterocycles. The van der Waals surface area contributed by atoms with Crippen LogP contribution in [0.3, 0.4) is 0 Å². The second kappa shape index (κ2) is 8.75. The van der Waals surface area contributed by atoms with Gasteiger partial charge in [-0.1, -0.05) is 23.9 Å². The van der Waals surface area contributed by atoms with Crippen LogP contribution in [-0.4, -0.2) is 39.2 Å². The van der Waals surface area contributed by atoms with E-state index in [1.165, 1.54) is 11.8 Å². The molecule has 2 N–H and O–H groups in total. The molecule has 7 heteroatoms. The van der Waals surface area contributed by atoms with Crippen molar-refractivity contribution in [1.82, 2.24) is 5.32 Å². The number of fused-ring (bicyclic) bond motifs is 1. The minimum absolute atomic E-state index is 0.202. The molecular formula is C20H20N2O4S. The summed E-state index contributed by atoms with van der Waals surface area (Å²) in [4.78, 5) is 26.1. The van der Waals surface area contributed by atoms with Crippen molar-refractivity contribution >= 4 is 35.3 Å². The Morgan fingerprint density at radius 3 is 2.85 bits per heavy atom. The summed E-state index contributed by atoms with van der Waals surface area (Å²) in [7, 11) is 3.18. The van der Waals surface area contributed by atoms with E-state index in [1.807, 2.05) is 36.4 Å². The Bertz CT molecular complexity index is 895. The maximum atomic E-state index is 12.5. The predicted octanol–water partition coefficient (Wildman–Crippen LogP) is 3.16. The number of hydrogen-bond donors (Lipinski definition) is 2. The van der Waals surface area contributed by atoms with Gasteiger partial charge in [-0.2, -0.15) is 0 Å². The zero-order valence-corrected chi connectivity index (χ0v) is 15.9. The van der Waals surface area contributed by atoms with Crippen LogP contribution < -0.4 is 15.4 Å². The summed E-state index contributed by atoms with van der Waals surface area (Å²) in [6, 6.07) is 12.8. The molecule has 0 bridgehead atoms. The van der Waals surface area contributed by atoms with E-state index < -0.39 is 0 Å². The maximum absolute atomic E-state index is 12.5. The van der Waals surface area contributed by atoms with Crippen LogP contribution in [0, 0.1) is 0 Å². The number of anilines is 1. The summed E-state index contributed by atoms with van der Waals surface area (Å²) in [5.74, 6) is 0.328. The Morgan fingerprint density at radius 1 is 1.22 bits per heavy atom. The van der Waals surface area contributed by atoms with Gasteiger partial charge in [0.05, 0.1) is 24.3 Å². The molecule has 0 fully saturated rings. The quantitative estimate of drug-likeness (QED) is 0.591. The molecule has 2 aromatic carbocycles. The number of hydrogen-bond acceptors (Lipinski definition) is 5. The van der Waals surface area contributed by atoms with Crippen molar-refractivity contribution in [2.45, 2.75) is 4.90 Å². The average molecular weight is 384 g/mol. The van der Waals surface area contributed by atoms with Crippen molar-refractivity contribution in [3.63, 3.8) is 0 Å². The SMILES string of the molecule is COCCNC(=O)c1ccc2c(c1)NC(=O)C(=Cc1cccc(OC)c1)S2. The summed E-state index contributed by atoms with van der Waals surface area (Å²) in [6.07, 6.45) is 1.82. The number of rotatable bonds is 6. The van der Waals surface area contributed by atoms with Gasteiger partial charge in [0.15, 0.2) is 0 Å². The molecule has 27 heavy (non-hydrogen) atoms. The Labute approximate surface area is 161 Å². The first-order valence-electron chi connectivity index (χ1n) is 8.37. The van der Waals surface area contributed by atoms with Crippen LogP contribution in [0.25, 0.3) is 6.08 Å². The fourth-order valence-corrected chi connectivity index (χ4v) is 3.48. The lowest BCUT2D eigenvalue weighted by atomic mass is 10.1. The second-order valence-electron chi connectivity index (χ2n) is 5.80. The molecular weight excluding hydrogens is 364 g/mol. The molecule has 0 aromatic heterocycles. The van der Waals surface area contributed by atoms with Crippen LogP contribution in [0.15, 0.2) is 52.3 Å². The lowest BCUT2D eigenvalue weighted by molar-refractivity contribution is -0.112. The Morgan fingerprint density at radius 2 is 2.07 bits per heavy atom. The van der Waals surface area contributed by atoms with Crippen LogP contribution in [0.5, 0.6) is 5.75 Å². The average Bonchev–Trinajstić information content (AvgIpc) is 2.68. The summed E-state index contributed by atoms with van der Waals surface area (Å²) >= 11 is 1.37. The topological polar surface area (TPSA) is 76.7 Å². The van der Waals surface area contributed by atoms with Crippen LogP contribution in [0.4, 0.5) is 5.69 Å². The van der Waals surface area contributed by atoms with Crippen molar-refractivity contribution in [3.05, 3.63) is 58.5 Å². The Balaban J connectivity index is 1.78. The summed E-state index contributed by atoms with van der Waals surface area (Å²) in [5.41, 5.74) is 2.00. The predicted molar refractivity (Wildman–Crippen MR) is 106 cm³/mol. The van der Waals surface area contributed by atoms with E-state index in [9.17, 15) is 9.59 Å². The first-order valence-corrected chi connectivity index (χ1v) is 9.18. The van der Waals surface area contributed by atoms with E-state index in [0.29, 0.717) is 29.3 Å². The highest BCUT2D eigenvalue weighted by Gasteiger charge is 2.22. The lowest BCUT2D eigenvalue weighted by Crippen LogP contribution is -2.27. The van der Waals surface area contributed by atoms with Gasteiger partial charge in [0.1, 0.15) is 5.75 Å². The Hall–Kier alpha value is -2.77. The highest BCUT2D eigenvalue weighted by molar-refractivity contribution is 8.04. The van der Waals surface area contributed by atoms with Crippen LogP contribution in [0.1, 0.15) is 15.9 Å². The summed E-state index contributed by atoms with van der Waals surface area (Å²) < 4.78 is 10.1. The molecule has 0 radical (unpaired) electrons. The minimum Gasteiger partial charge on any atom is -0.497 e. The number of amides is 2. The van der Waals surface area contributed by atoms with Crippen molar-refractivity contribution in [2.24, 2.45) is 0 Å². The van der Waals surface area contributed by atoms with E-state index >= 15 is 0 Å². The van der Waals surface area contributed by atoms with Gasteiger partial charge in [0.2, 0.25) is 0 Å². The number of carbonyl (C=O) groups is 2. The normalized spacial score (nSPS) is 14.4. The third-order valence-corrected chi connectivity index (χ3v) is 5.02. The molecule has 2 amide bonds. The molecule has 0 aliphatic carbocycles. The van der Waals surface area contributed by atoms with E-state index in [-0.39, 0.29) is 11.8 Å². The number of benzene rings is 2. The molecule has 1 aliphatic rings. The number of methoxy groups -OCH3 is 2. The second-order valence-corrected chi connectivity index (χ2v) is 6.88. The van der Waals surface area contributed by atoms with Gasteiger partial charge in [-0.3, -0.25) is 9.59 Å². The molecule has 1 aliphatic heterocycles. The molecule has 0 atom stereocenters. The highest BCUT2D eigenvalue weighted by atomic mass is 32.2. The highest BCUT2D eigenvalue weighted by Crippen LogP contribution is 2.39. The van der Waals surface area contributed by atoms with E-state index in [4.69, 9.17) is 9.47 Å². The molecule has 1 heterocycles. The third-order valence-electron chi connectivity index (χ3n) is 3.92. The van der Waals surface area contributed by atoms with Gasteiger partial charge in [0, 0.05) is 24.1 Å². The molecule has 6 nitrogen and oxygen atoms in total. The van der Waals surface area contributed by atoms with Gasteiger partial charge in [-0.15, -0.1) is 0 Å². The van der Waals surface area contributed by atoms with Crippen molar-refractivity contribution in [1.29, 1.82) is 0 Å². The Kier molecular flexibility index (Phi) is 6.16. The van der Waals surface area contributed by atoms with E-state index in [1.54, 1.807) is 26.4 Å². The number of ether oxygens (including phenoxy) is 2. The summed E-state index contributed by atoms with van der Waals surface area (Å²) in [5, 5.41) is 5.62. The zero-order chi connectivity index (χ0) is 19.2. The fourth-order valence-electron chi connectivity index (χ4n) is 2.55. The molecule has 0 spiro atoms. The first kappa shape index (κ1) is 19.0. The molecule has 0 unspecified atom stereocenters. The maximum Gasteiger partial charge on any atom is 0.262 e. The lowest BCUT2D eigenvalue weighted by Gasteiger charge is -2.19. The standard InChI is InChI=1S/C20H20N2O4S/c1-25-9-8-21-19(23)14-6-7-17-16(12-14)22-20(24)18(27-17)11-13-4-3-5-15(10-13)26-2/h3-7,10-12H,8-9H2,1-2H3,(H,21,23)(H,22,24). The van der Waals surface area contributed by atoms with Crippen LogP contribution >= 0.6 is 11.8 Å². The minimum atomic E-state index is -0.202. The van der Waals surface area contributed by atoms with Gasteiger partial charge < -0.3 is 20.1 Å². The van der Waals surface area contributed by atoms with Crippen molar-refractivity contribution < 1.29 is 19.1 Å². The largest absolute Gasteiger partial charge is 0.497 e. The zero-order valence-electron chi connectivity index (χ0n) is 15.1. The molecule has 0 saturated carbocycles. The monoisotopic (exact) mass is 384 g/mol. The van der Waals surface area contributed by atoms with Crippen LogP contribution in [-0.2, 0) is 9.53 Å². The van der Waals surface area contributed by atoms with E-state index in [0.717, 1.165) is 16.2 Å². The third kappa shape index (κ3) is 4.69. The van der Waals surface area contributed by atoms with Gasteiger partial charge in [0.25, 0.3) is 11.8 Å². The molecule has 3 rings (SSSR count). The van der Waals surface area contributed by atoms with Crippen molar-refractivity contribution in [2.75, 3.05) is 32.7 Å². The van der Waals surface area contributed by atoms with Gasteiger partial charge >= 0.3 is 0 Å². The number of thioether (sulfide) groups is 1. The first-order chi connectivity index (χ1) is 13.1. The van der Waals surface area contributed by atoms with Crippen molar-refractivity contribution in [3.8, 4) is 5.75 Å². The molecule has 140 valence electrons. The summed E-state index contributed by atoms with van der Waals surface area (Å²) in [6.45, 7) is 0.878. The fraction of sp³-hybridized carbons (Fsp3) is 0.200. The number of nitrogens with one attached hydrogen (secondary N) is 2. The number of carbonyl (C=O) groups excluding carboxylic acids is 2. The van der Waals surface area contributed by atoms with Gasteiger partial charge in [-0.25, -0.2) is 0 Å². The molecule has 2 aromatic rings. The van der Waals surface area contributed by atoms with Crippen LogP contribution in [0.2, 0.25) is 0 Å². The van der Waals surface area contributed by atoms with E-state index in [2.05, 4.69) is 10.6 Å². The van der Waals surface area contributed by atoms with Gasteiger partial charge in [-0.05, 0) is 42.0 Å².